The van der Waals surface area contributed by atoms with Crippen LogP contribution in [0.1, 0.15) is 30.7 Å². The molecular formula is C18H23NO2S. The van der Waals surface area contributed by atoms with Gasteiger partial charge in [0.25, 0.3) is 0 Å². The van der Waals surface area contributed by atoms with Gasteiger partial charge in [-0.15, -0.1) is 11.3 Å². The van der Waals surface area contributed by atoms with Crippen LogP contribution in [0.4, 0.5) is 0 Å². The monoisotopic (exact) mass is 317 g/mol. The maximum Gasteiger partial charge on any atom is 0.223 e. The van der Waals surface area contributed by atoms with Crippen LogP contribution in [-0.2, 0) is 17.8 Å². The first kappa shape index (κ1) is 16.7. The van der Waals surface area contributed by atoms with Crippen LogP contribution in [0, 0.1) is 0 Å². The topological polar surface area (TPSA) is 40.5 Å². The molecule has 22 heavy (non-hydrogen) atoms. The van der Waals surface area contributed by atoms with Crippen LogP contribution >= 0.6 is 11.3 Å². The first-order valence-corrected chi connectivity index (χ1v) is 8.38. The molecule has 1 aromatic carbocycles. The molecule has 0 saturated carbocycles. The summed E-state index contributed by atoms with van der Waals surface area (Å²) < 4.78 is 0. The van der Waals surface area contributed by atoms with Crippen LogP contribution in [0.25, 0.3) is 0 Å². The van der Waals surface area contributed by atoms with Crippen molar-refractivity contribution in [2.24, 2.45) is 0 Å². The molecule has 118 valence electrons. The molecule has 0 aliphatic carbocycles. The van der Waals surface area contributed by atoms with E-state index in [1.807, 2.05) is 41.8 Å². The van der Waals surface area contributed by atoms with E-state index in [-0.39, 0.29) is 5.91 Å². The molecule has 2 rings (SSSR count). The summed E-state index contributed by atoms with van der Waals surface area (Å²) in [4.78, 5) is 15.5. The van der Waals surface area contributed by atoms with E-state index < -0.39 is 5.60 Å². The zero-order valence-corrected chi connectivity index (χ0v) is 14.0. The second kappa shape index (κ2) is 7.56. The first-order valence-electron chi connectivity index (χ1n) is 7.50. The van der Waals surface area contributed by atoms with Crippen LogP contribution in [-0.4, -0.2) is 28.1 Å². The minimum absolute atomic E-state index is 0.0828. The van der Waals surface area contributed by atoms with Gasteiger partial charge in [0.1, 0.15) is 0 Å². The Morgan fingerprint density at radius 1 is 1.18 bits per heavy atom. The molecule has 1 heterocycles. The Balaban J connectivity index is 2.01. The smallest absolute Gasteiger partial charge is 0.223 e. The number of aryl methyl sites for hydroxylation is 1. The summed E-state index contributed by atoms with van der Waals surface area (Å²) in [5, 5.41) is 12.1. The molecule has 0 saturated heterocycles. The number of carbonyl (C=O) groups is 1. The number of hydrogen-bond donors (Lipinski definition) is 1. The third kappa shape index (κ3) is 5.62. The molecular weight excluding hydrogens is 294 g/mol. The zero-order chi connectivity index (χ0) is 16.0. The largest absolute Gasteiger partial charge is 0.389 e. The summed E-state index contributed by atoms with van der Waals surface area (Å²) in [6, 6.07) is 14.0. The van der Waals surface area contributed by atoms with Gasteiger partial charge in [-0.05, 0) is 37.3 Å². The zero-order valence-electron chi connectivity index (χ0n) is 13.2. The Bertz CT molecular complexity index is 573. The summed E-state index contributed by atoms with van der Waals surface area (Å²) in [6.45, 7) is 4.34. The lowest BCUT2D eigenvalue weighted by Crippen LogP contribution is -2.41. The lowest BCUT2D eigenvalue weighted by Gasteiger charge is -2.29. The Labute approximate surface area is 136 Å². The van der Waals surface area contributed by atoms with E-state index in [0.717, 1.165) is 12.0 Å². The van der Waals surface area contributed by atoms with Crippen molar-refractivity contribution in [2.75, 3.05) is 6.54 Å². The van der Waals surface area contributed by atoms with Gasteiger partial charge >= 0.3 is 0 Å². The van der Waals surface area contributed by atoms with Gasteiger partial charge in [-0.1, -0.05) is 36.4 Å². The molecule has 1 N–H and O–H groups in total. The molecule has 0 spiro atoms. The summed E-state index contributed by atoms with van der Waals surface area (Å²) in [7, 11) is 0. The number of benzene rings is 1. The third-order valence-corrected chi connectivity index (χ3v) is 4.25. The van der Waals surface area contributed by atoms with Crippen molar-refractivity contribution in [3.63, 3.8) is 0 Å². The summed E-state index contributed by atoms with van der Waals surface area (Å²) in [5.41, 5.74) is 0.184. The highest BCUT2D eigenvalue weighted by Crippen LogP contribution is 2.15. The molecule has 3 nitrogen and oxygen atoms in total. The van der Waals surface area contributed by atoms with E-state index in [9.17, 15) is 9.90 Å². The fourth-order valence-electron chi connectivity index (χ4n) is 2.35. The highest BCUT2D eigenvalue weighted by molar-refractivity contribution is 7.09. The summed E-state index contributed by atoms with van der Waals surface area (Å²) in [6.07, 6.45) is 1.23. The van der Waals surface area contributed by atoms with Crippen molar-refractivity contribution >= 4 is 17.2 Å². The Morgan fingerprint density at radius 2 is 1.91 bits per heavy atom. The van der Waals surface area contributed by atoms with Gasteiger partial charge in [-0.2, -0.15) is 0 Å². The lowest BCUT2D eigenvalue weighted by atomic mass is 10.1. The maximum absolute atomic E-state index is 12.5. The minimum atomic E-state index is -0.895. The van der Waals surface area contributed by atoms with Gasteiger partial charge in [0.15, 0.2) is 0 Å². The minimum Gasteiger partial charge on any atom is -0.389 e. The predicted molar refractivity (Wildman–Crippen MR) is 90.8 cm³/mol. The number of aliphatic hydroxyl groups is 1. The third-order valence-electron chi connectivity index (χ3n) is 3.31. The van der Waals surface area contributed by atoms with Gasteiger partial charge in [-0.3, -0.25) is 4.79 Å². The van der Waals surface area contributed by atoms with E-state index in [2.05, 4.69) is 6.07 Å². The molecule has 2 aromatic rings. The molecule has 0 fully saturated rings. The molecule has 0 aliphatic heterocycles. The molecule has 0 aliphatic rings. The van der Waals surface area contributed by atoms with Crippen molar-refractivity contribution in [3.05, 3.63) is 58.3 Å². The number of hydrogen-bond acceptors (Lipinski definition) is 3. The average molecular weight is 317 g/mol. The Morgan fingerprint density at radius 3 is 2.50 bits per heavy atom. The van der Waals surface area contributed by atoms with Gasteiger partial charge in [0.05, 0.1) is 5.60 Å². The van der Waals surface area contributed by atoms with E-state index in [1.165, 1.54) is 4.88 Å². The van der Waals surface area contributed by atoms with Crippen molar-refractivity contribution < 1.29 is 9.90 Å². The van der Waals surface area contributed by atoms with E-state index in [1.54, 1.807) is 30.1 Å². The van der Waals surface area contributed by atoms with Crippen molar-refractivity contribution in [3.8, 4) is 0 Å². The fraction of sp³-hybridized carbons (Fsp3) is 0.389. The number of amides is 1. The van der Waals surface area contributed by atoms with Crippen LogP contribution in [0.5, 0.6) is 0 Å². The molecule has 4 heteroatoms. The van der Waals surface area contributed by atoms with Crippen LogP contribution in [0.2, 0.25) is 0 Å². The fourth-order valence-corrected chi connectivity index (χ4v) is 3.06. The van der Waals surface area contributed by atoms with E-state index in [0.29, 0.717) is 19.5 Å². The quantitative estimate of drug-likeness (QED) is 0.849. The summed E-state index contributed by atoms with van der Waals surface area (Å²) in [5.74, 6) is 0.0828. The maximum atomic E-state index is 12.5. The molecule has 1 amide bonds. The van der Waals surface area contributed by atoms with Crippen molar-refractivity contribution in [1.82, 2.24) is 4.90 Å². The SMILES string of the molecule is CC(C)(O)CN(Cc1ccccc1)C(=O)CCc1cccs1. The van der Waals surface area contributed by atoms with Gasteiger partial charge in [0.2, 0.25) is 5.91 Å². The molecule has 0 unspecified atom stereocenters. The second-order valence-corrected chi connectivity index (χ2v) is 7.16. The molecule has 1 aromatic heterocycles. The van der Waals surface area contributed by atoms with Crippen molar-refractivity contribution in [2.45, 2.75) is 38.8 Å². The van der Waals surface area contributed by atoms with Crippen molar-refractivity contribution in [1.29, 1.82) is 0 Å². The molecule has 0 bridgehead atoms. The Kier molecular flexibility index (Phi) is 5.75. The number of thiophene rings is 1. The van der Waals surface area contributed by atoms with E-state index >= 15 is 0 Å². The highest BCUT2D eigenvalue weighted by Gasteiger charge is 2.22. The van der Waals surface area contributed by atoms with Gasteiger partial charge < -0.3 is 10.0 Å². The van der Waals surface area contributed by atoms with Gasteiger partial charge in [0, 0.05) is 24.4 Å². The number of nitrogens with zero attached hydrogens (tertiary/aromatic N) is 1. The normalized spacial score (nSPS) is 11.4. The van der Waals surface area contributed by atoms with Gasteiger partial charge in [-0.25, -0.2) is 0 Å². The van der Waals surface area contributed by atoms with Crippen LogP contribution in [0.15, 0.2) is 47.8 Å². The summed E-state index contributed by atoms with van der Waals surface area (Å²) >= 11 is 1.67. The number of carbonyl (C=O) groups excluding carboxylic acids is 1. The van der Waals surface area contributed by atoms with Crippen LogP contribution < -0.4 is 0 Å². The predicted octanol–water partition coefficient (Wildman–Crippen LogP) is 3.48. The molecule has 0 radical (unpaired) electrons. The van der Waals surface area contributed by atoms with Crippen LogP contribution in [0.3, 0.4) is 0 Å². The average Bonchev–Trinajstić information content (AvgIpc) is 2.97. The lowest BCUT2D eigenvalue weighted by molar-refractivity contribution is -0.134. The first-order chi connectivity index (χ1) is 10.4. The van der Waals surface area contributed by atoms with E-state index in [4.69, 9.17) is 0 Å². The number of rotatable bonds is 7. The highest BCUT2D eigenvalue weighted by atomic mass is 32.1. The molecule has 0 atom stereocenters. The second-order valence-electron chi connectivity index (χ2n) is 6.13. The standard InChI is InChI=1S/C18H23NO2S/c1-18(2,21)14-19(13-15-7-4-3-5-8-15)17(20)11-10-16-9-6-12-22-16/h3-9,12,21H,10-11,13-14H2,1-2H3. The Hall–Kier alpha value is -1.65.